The number of thiol groups is 1. The van der Waals surface area contributed by atoms with Gasteiger partial charge >= 0.3 is 0 Å². The van der Waals surface area contributed by atoms with Crippen LogP contribution in [-0.4, -0.2) is 11.7 Å². The third kappa shape index (κ3) is 4.66. The standard InChI is InChI=1S/C22H27NOS/c1-16(15-25)13-19(14-17-7-3-2-4-8-17)22(24)23-21-12-11-18-9-5-6-10-20(18)21/h2-10,16,19,21,25H,11-15H2,1H3,(H,23,24)/t16-,19-,21?/m0/s1. The average molecular weight is 354 g/mol. The van der Waals surface area contributed by atoms with E-state index in [0.717, 1.165) is 31.4 Å². The van der Waals surface area contributed by atoms with Gasteiger partial charge in [0.25, 0.3) is 0 Å². The Hall–Kier alpha value is -1.74. The van der Waals surface area contributed by atoms with Crippen LogP contribution in [0.4, 0.5) is 0 Å². The Morgan fingerprint density at radius 3 is 2.64 bits per heavy atom. The van der Waals surface area contributed by atoms with Crippen LogP contribution in [-0.2, 0) is 17.6 Å². The summed E-state index contributed by atoms with van der Waals surface area (Å²) in [5, 5.41) is 3.32. The van der Waals surface area contributed by atoms with E-state index in [2.05, 4.69) is 61.3 Å². The van der Waals surface area contributed by atoms with Crippen LogP contribution in [0.2, 0.25) is 0 Å². The first-order valence-electron chi connectivity index (χ1n) is 9.20. The molecule has 0 radical (unpaired) electrons. The minimum absolute atomic E-state index is 0.00249. The number of aryl methyl sites for hydroxylation is 1. The zero-order valence-electron chi connectivity index (χ0n) is 14.8. The Bertz CT molecular complexity index is 700. The van der Waals surface area contributed by atoms with Gasteiger partial charge in [-0.3, -0.25) is 4.79 Å². The molecule has 0 fully saturated rings. The molecule has 0 heterocycles. The van der Waals surface area contributed by atoms with Crippen molar-refractivity contribution in [1.29, 1.82) is 0 Å². The van der Waals surface area contributed by atoms with Crippen LogP contribution in [0.5, 0.6) is 0 Å². The number of hydrogen-bond donors (Lipinski definition) is 2. The highest BCUT2D eigenvalue weighted by atomic mass is 32.1. The van der Waals surface area contributed by atoms with Gasteiger partial charge < -0.3 is 5.32 Å². The fraction of sp³-hybridized carbons (Fsp3) is 0.409. The number of carbonyl (C=O) groups excluding carboxylic acids is 1. The Morgan fingerprint density at radius 1 is 1.16 bits per heavy atom. The molecule has 1 unspecified atom stereocenters. The van der Waals surface area contributed by atoms with Gasteiger partial charge in [0.1, 0.15) is 0 Å². The molecular weight excluding hydrogens is 326 g/mol. The van der Waals surface area contributed by atoms with E-state index in [1.165, 1.54) is 16.7 Å². The van der Waals surface area contributed by atoms with Crippen molar-refractivity contribution in [3.05, 3.63) is 71.3 Å². The number of benzene rings is 2. The van der Waals surface area contributed by atoms with Crippen molar-refractivity contribution in [2.75, 3.05) is 5.75 Å². The fourth-order valence-corrected chi connectivity index (χ4v) is 3.89. The van der Waals surface area contributed by atoms with Crippen LogP contribution >= 0.6 is 12.6 Å². The molecule has 132 valence electrons. The molecule has 0 saturated heterocycles. The minimum atomic E-state index is -0.00249. The molecule has 1 aliphatic carbocycles. The number of rotatable bonds is 7. The highest BCUT2D eigenvalue weighted by molar-refractivity contribution is 7.80. The van der Waals surface area contributed by atoms with Gasteiger partial charge in [0.05, 0.1) is 6.04 Å². The van der Waals surface area contributed by atoms with Crippen molar-refractivity contribution in [3.8, 4) is 0 Å². The zero-order valence-corrected chi connectivity index (χ0v) is 15.7. The Morgan fingerprint density at radius 2 is 1.88 bits per heavy atom. The molecule has 1 N–H and O–H groups in total. The lowest BCUT2D eigenvalue weighted by Gasteiger charge is -2.23. The first-order chi connectivity index (χ1) is 12.2. The molecule has 3 rings (SSSR count). The monoisotopic (exact) mass is 353 g/mol. The van der Waals surface area contributed by atoms with Crippen molar-refractivity contribution < 1.29 is 4.79 Å². The molecule has 1 amide bonds. The smallest absolute Gasteiger partial charge is 0.223 e. The summed E-state index contributed by atoms with van der Waals surface area (Å²) in [6.07, 6.45) is 3.72. The molecule has 0 aromatic heterocycles. The average Bonchev–Trinajstić information content (AvgIpc) is 3.05. The molecule has 0 saturated carbocycles. The van der Waals surface area contributed by atoms with E-state index >= 15 is 0 Å². The topological polar surface area (TPSA) is 29.1 Å². The summed E-state index contributed by atoms with van der Waals surface area (Å²) in [4.78, 5) is 13.0. The van der Waals surface area contributed by atoms with Gasteiger partial charge in [0.15, 0.2) is 0 Å². The SMILES string of the molecule is C[C@H](CS)C[C@@H](Cc1ccccc1)C(=O)NC1CCc2ccccc21. The molecule has 25 heavy (non-hydrogen) atoms. The normalized spacial score (nSPS) is 18.4. The fourth-order valence-electron chi connectivity index (χ4n) is 3.74. The van der Waals surface area contributed by atoms with Gasteiger partial charge in [-0.05, 0) is 54.0 Å². The van der Waals surface area contributed by atoms with E-state index in [9.17, 15) is 4.79 Å². The Labute approximate surface area is 156 Å². The molecule has 0 aliphatic heterocycles. The second-order valence-corrected chi connectivity index (χ2v) is 7.57. The summed E-state index contributed by atoms with van der Waals surface area (Å²) >= 11 is 4.41. The molecule has 2 nitrogen and oxygen atoms in total. The summed E-state index contributed by atoms with van der Waals surface area (Å²) < 4.78 is 0. The first kappa shape index (κ1) is 18.1. The number of hydrogen-bond acceptors (Lipinski definition) is 2. The molecule has 3 heteroatoms. The van der Waals surface area contributed by atoms with Crippen molar-refractivity contribution in [3.63, 3.8) is 0 Å². The summed E-state index contributed by atoms with van der Waals surface area (Å²) in [5.41, 5.74) is 3.88. The van der Waals surface area contributed by atoms with Crippen LogP contribution in [0.1, 0.15) is 42.5 Å². The minimum Gasteiger partial charge on any atom is -0.349 e. The lowest BCUT2D eigenvalue weighted by atomic mass is 9.89. The summed E-state index contributed by atoms with van der Waals surface area (Å²) in [5.74, 6) is 1.42. The van der Waals surface area contributed by atoms with Crippen LogP contribution < -0.4 is 5.32 Å². The molecule has 2 aromatic rings. The number of nitrogens with one attached hydrogen (secondary N) is 1. The number of amides is 1. The highest BCUT2D eigenvalue weighted by Crippen LogP contribution is 2.31. The predicted octanol–water partition coefficient (Wildman–Crippen LogP) is 4.61. The van der Waals surface area contributed by atoms with Gasteiger partial charge in [0.2, 0.25) is 5.91 Å². The van der Waals surface area contributed by atoms with E-state index in [1.807, 2.05) is 18.2 Å². The predicted molar refractivity (Wildman–Crippen MR) is 107 cm³/mol. The van der Waals surface area contributed by atoms with E-state index in [4.69, 9.17) is 0 Å². The summed E-state index contributed by atoms with van der Waals surface area (Å²) in [6.45, 7) is 2.17. The van der Waals surface area contributed by atoms with Crippen molar-refractivity contribution in [2.45, 2.75) is 38.6 Å². The van der Waals surface area contributed by atoms with Gasteiger partial charge in [-0.2, -0.15) is 12.6 Å². The zero-order chi connectivity index (χ0) is 17.6. The maximum atomic E-state index is 13.0. The summed E-state index contributed by atoms with van der Waals surface area (Å²) in [6, 6.07) is 18.9. The van der Waals surface area contributed by atoms with Crippen LogP contribution in [0.15, 0.2) is 54.6 Å². The molecule has 0 bridgehead atoms. The molecule has 0 spiro atoms. The largest absolute Gasteiger partial charge is 0.349 e. The maximum Gasteiger partial charge on any atom is 0.223 e. The van der Waals surface area contributed by atoms with Gasteiger partial charge in [-0.25, -0.2) is 0 Å². The van der Waals surface area contributed by atoms with Crippen LogP contribution in [0.3, 0.4) is 0 Å². The highest BCUT2D eigenvalue weighted by Gasteiger charge is 2.27. The second-order valence-electron chi connectivity index (χ2n) is 7.21. The lowest BCUT2D eigenvalue weighted by molar-refractivity contribution is -0.126. The van der Waals surface area contributed by atoms with E-state index in [1.54, 1.807) is 0 Å². The van der Waals surface area contributed by atoms with Gasteiger partial charge in [0, 0.05) is 5.92 Å². The Balaban J connectivity index is 1.70. The lowest BCUT2D eigenvalue weighted by Crippen LogP contribution is -2.35. The van der Waals surface area contributed by atoms with Crippen LogP contribution in [0, 0.1) is 11.8 Å². The first-order valence-corrected chi connectivity index (χ1v) is 9.83. The van der Waals surface area contributed by atoms with Gasteiger partial charge in [-0.1, -0.05) is 61.5 Å². The summed E-state index contributed by atoms with van der Waals surface area (Å²) in [7, 11) is 0. The quantitative estimate of drug-likeness (QED) is 0.700. The van der Waals surface area contributed by atoms with Crippen molar-refractivity contribution in [1.82, 2.24) is 5.32 Å². The molecule has 1 aliphatic rings. The van der Waals surface area contributed by atoms with E-state index in [-0.39, 0.29) is 17.9 Å². The number of carbonyl (C=O) groups is 1. The third-order valence-corrected chi connectivity index (χ3v) is 5.77. The molecule has 2 aromatic carbocycles. The van der Waals surface area contributed by atoms with E-state index < -0.39 is 0 Å². The van der Waals surface area contributed by atoms with Crippen molar-refractivity contribution >= 4 is 18.5 Å². The maximum absolute atomic E-state index is 13.0. The van der Waals surface area contributed by atoms with Crippen molar-refractivity contribution in [2.24, 2.45) is 11.8 Å². The van der Waals surface area contributed by atoms with Gasteiger partial charge in [-0.15, -0.1) is 0 Å². The third-order valence-electron chi connectivity index (χ3n) is 5.14. The Kier molecular flexibility index (Phi) is 6.19. The van der Waals surface area contributed by atoms with E-state index in [0.29, 0.717) is 5.92 Å². The number of fused-ring (bicyclic) bond motifs is 1. The molecule has 3 atom stereocenters. The van der Waals surface area contributed by atoms with Crippen LogP contribution in [0.25, 0.3) is 0 Å². The molecular formula is C22H27NOS. The second kappa shape index (κ2) is 8.57.